The average Bonchev–Trinajstić information content (AvgIpc) is 2.60. The fraction of sp³-hybridized carbons (Fsp3) is 0.438. The van der Waals surface area contributed by atoms with E-state index in [1.54, 1.807) is 24.1 Å². The molecule has 1 saturated heterocycles. The summed E-state index contributed by atoms with van der Waals surface area (Å²) in [6.45, 7) is 1.89. The fourth-order valence-corrected chi connectivity index (χ4v) is 3.16. The van der Waals surface area contributed by atoms with Crippen LogP contribution in [0, 0.1) is 0 Å². The zero-order valence-electron chi connectivity index (χ0n) is 13.0. The number of fused-ring (bicyclic) bond motifs is 1. The largest absolute Gasteiger partial charge is 0.355 e. The van der Waals surface area contributed by atoms with Crippen molar-refractivity contribution in [3.8, 4) is 0 Å². The maximum atomic E-state index is 12.4. The molecule has 0 aromatic heterocycles. The van der Waals surface area contributed by atoms with Crippen LogP contribution in [0.25, 0.3) is 0 Å². The minimum absolute atomic E-state index is 0.137. The maximum absolute atomic E-state index is 12.4. The molecule has 2 heterocycles. The molecular weight excluding hydrogens is 296 g/mol. The van der Waals surface area contributed by atoms with Gasteiger partial charge in [-0.15, -0.1) is 0 Å². The first-order valence-corrected chi connectivity index (χ1v) is 7.74. The van der Waals surface area contributed by atoms with E-state index in [4.69, 9.17) is 0 Å². The van der Waals surface area contributed by atoms with Crippen molar-refractivity contribution in [3.05, 3.63) is 29.3 Å². The number of hydrogen-bond acceptors (Lipinski definition) is 3. The summed E-state index contributed by atoms with van der Waals surface area (Å²) in [5, 5.41) is 5.45. The summed E-state index contributed by atoms with van der Waals surface area (Å²) in [6.07, 6.45) is 2.44. The van der Waals surface area contributed by atoms with Crippen LogP contribution in [-0.4, -0.2) is 54.3 Å². The van der Waals surface area contributed by atoms with Crippen molar-refractivity contribution in [3.63, 3.8) is 0 Å². The van der Waals surface area contributed by atoms with Crippen molar-refractivity contribution < 1.29 is 14.4 Å². The van der Waals surface area contributed by atoms with Gasteiger partial charge in [0.05, 0.1) is 0 Å². The van der Waals surface area contributed by atoms with Gasteiger partial charge in [0, 0.05) is 44.0 Å². The highest BCUT2D eigenvalue weighted by Crippen LogP contribution is 2.28. The Bertz CT molecular complexity index is 638. The number of carbonyl (C=O) groups excluding carboxylic acids is 3. The number of hydrogen-bond donors (Lipinski definition) is 2. The van der Waals surface area contributed by atoms with E-state index in [1.165, 1.54) is 0 Å². The van der Waals surface area contributed by atoms with Gasteiger partial charge in [-0.1, -0.05) is 6.07 Å². The highest BCUT2D eigenvalue weighted by atomic mass is 16.2. The standard InChI is InChI=1S/C16H20N4O3/c1-17-15(22)11-2-3-12-9-20(16(23)18-14(12)8-11)13-4-6-19(10-21)7-5-13/h2-3,8,10,13H,4-7,9H2,1H3,(H,17,22)(H,18,23). The van der Waals surface area contributed by atoms with Gasteiger partial charge in [0.15, 0.2) is 0 Å². The Morgan fingerprint density at radius 1 is 1.35 bits per heavy atom. The second kappa shape index (κ2) is 6.28. The first-order valence-electron chi connectivity index (χ1n) is 7.74. The number of nitrogens with one attached hydrogen (secondary N) is 2. The Labute approximate surface area is 134 Å². The third kappa shape index (κ3) is 2.99. The van der Waals surface area contributed by atoms with Gasteiger partial charge in [-0.05, 0) is 30.5 Å². The zero-order valence-corrected chi connectivity index (χ0v) is 13.0. The first kappa shape index (κ1) is 15.3. The molecule has 7 nitrogen and oxygen atoms in total. The van der Waals surface area contributed by atoms with E-state index >= 15 is 0 Å². The second-order valence-corrected chi connectivity index (χ2v) is 5.88. The van der Waals surface area contributed by atoms with E-state index in [1.807, 2.05) is 11.0 Å². The quantitative estimate of drug-likeness (QED) is 0.817. The first-order chi connectivity index (χ1) is 11.1. The summed E-state index contributed by atoms with van der Waals surface area (Å²) in [5.41, 5.74) is 2.21. The van der Waals surface area contributed by atoms with Crippen molar-refractivity contribution in [2.24, 2.45) is 0 Å². The fourth-order valence-electron chi connectivity index (χ4n) is 3.16. The molecule has 0 atom stereocenters. The Morgan fingerprint density at radius 2 is 2.09 bits per heavy atom. The molecule has 23 heavy (non-hydrogen) atoms. The van der Waals surface area contributed by atoms with Gasteiger partial charge < -0.3 is 20.4 Å². The maximum Gasteiger partial charge on any atom is 0.322 e. The Kier molecular flexibility index (Phi) is 4.18. The van der Waals surface area contributed by atoms with Crippen LogP contribution in [0.4, 0.5) is 10.5 Å². The summed E-state index contributed by atoms with van der Waals surface area (Å²) < 4.78 is 0. The molecule has 4 amide bonds. The lowest BCUT2D eigenvalue weighted by Gasteiger charge is -2.39. The summed E-state index contributed by atoms with van der Waals surface area (Å²) >= 11 is 0. The van der Waals surface area contributed by atoms with E-state index in [9.17, 15) is 14.4 Å². The molecule has 7 heteroatoms. The molecule has 1 aromatic rings. The van der Waals surface area contributed by atoms with Crippen LogP contribution >= 0.6 is 0 Å². The average molecular weight is 316 g/mol. The van der Waals surface area contributed by atoms with Gasteiger partial charge in [0.1, 0.15) is 0 Å². The van der Waals surface area contributed by atoms with Gasteiger partial charge >= 0.3 is 6.03 Å². The predicted molar refractivity (Wildman–Crippen MR) is 85.1 cm³/mol. The van der Waals surface area contributed by atoms with Crippen LogP contribution < -0.4 is 10.6 Å². The Morgan fingerprint density at radius 3 is 2.74 bits per heavy atom. The van der Waals surface area contributed by atoms with Crippen LogP contribution in [0.1, 0.15) is 28.8 Å². The Hall–Kier alpha value is -2.57. The van der Waals surface area contributed by atoms with Crippen LogP contribution in [0.5, 0.6) is 0 Å². The van der Waals surface area contributed by atoms with E-state index in [2.05, 4.69) is 10.6 Å². The van der Waals surface area contributed by atoms with Gasteiger partial charge in [-0.3, -0.25) is 9.59 Å². The number of benzene rings is 1. The molecule has 3 rings (SSSR count). The summed E-state index contributed by atoms with van der Waals surface area (Å²) in [4.78, 5) is 38.4. The number of anilines is 1. The van der Waals surface area contributed by atoms with Gasteiger partial charge in [-0.2, -0.15) is 0 Å². The van der Waals surface area contributed by atoms with Gasteiger partial charge in [-0.25, -0.2) is 4.79 Å². The van der Waals surface area contributed by atoms with Gasteiger partial charge in [0.25, 0.3) is 5.91 Å². The van der Waals surface area contributed by atoms with Crippen LogP contribution in [0.15, 0.2) is 18.2 Å². The van der Waals surface area contributed by atoms with Crippen molar-refractivity contribution in [1.82, 2.24) is 15.1 Å². The number of amides is 4. The van der Waals surface area contributed by atoms with E-state index in [-0.39, 0.29) is 18.0 Å². The monoisotopic (exact) mass is 316 g/mol. The van der Waals surface area contributed by atoms with E-state index < -0.39 is 0 Å². The lowest BCUT2D eigenvalue weighted by Crippen LogP contribution is -2.49. The molecule has 2 aliphatic rings. The van der Waals surface area contributed by atoms with Gasteiger partial charge in [0.2, 0.25) is 6.41 Å². The molecule has 122 valence electrons. The lowest BCUT2D eigenvalue weighted by molar-refractivity contribution is -0.119. The number of carbonyl (C=O) groups is 3. The third-order valence-electron chi connectivity index (χ3n) is 4.53. The molecular formula is C16H20N4O3. The molecule has 2 aliphatic heterocycles. The molecule has 0 bridgehead atoms. The molecule has 0 radical (unpaired) electrons. The number of likely N-dealkylation sites (tertiary alicyclic amines) is 1. The number of urea groups is 1. The lowest BCUT2D eigenvalue weighted by atomic mass is 10.0. The molecule has 0 aliphatic carbocycles. The zero-order chi connectivity index (χ0) is 16.4. The van der Waals surface area contributed by atoms with Crippen molar-refractivity contribution >= 4 is 24.0 Å². The van der Waals surface area contributed by atoms with E-state index in [0.29, 0.717) is 30.9 Å². The highest BCUT2D eigenvalue weighted by molar-refractivity contribution is 5.98. The minimum atomic E-state index is -0.175. The predicted octanol–water partition coefficient (Wildman–Crippen LogP) is 1.01. The molecule has 2 N–H and O–H groups in total. The number of piperidine rings is 1. The second-order valence-electron chi connectivity index (χ2n) is 5.88. The SMILES string of the molecule is CNC(=O)c1ccc2c(c1)NC(=O)N(C1CCN(C=O)CC1)C2. The van der Waals surface area contributed by atoms with Crippen LogP contribution in [0.3, 0.4) is 0 Å². The molecule has 0 unspecified atom stereocenters. The highest BCUT2D eigenvalue weighted by Gasteiger charge is 2.31. The van der Waals surface area contributed by atoms with E-state index in [0.717, 1.165) is 24.8 Å². The molecule has 0 spiro atoms. The summed E-state index contributed by atoms with van der Waals surface area (Å²) in [7, 11) is 1.58. The Balaban J connectivity index is 1.75. The molecule has 1 fully saturated rings. The summed E-state index contributed by atoms with van der Waals surface area (Å²) in [6, 6.07) is 5.35. The number of nitrogens with zero attached hydrogens (tertiary/aromatic N) is 2. The normalized spacial score (nSPS) is 18.2. The number of rotatable bonds is 3. The topological polar surface area (TPSA) is 81.8 Å². The van der Waals surface area contributed by atoms with Crippen LogP contribution in [0.2, 0.25) is 0 Å². The minimum Gasteiger partial charge on any atom is -0.355 e. The smallest absolute Gasteiger partial charge is 0.322 e. The molecule has 1 aromatic carbocycles. The van der Waals surface area contributed by atoms with Crippen molar-refractivity contribution in [2.45, 2.75) is 25.4 Å². The molecule has 0 saturated carbocycles. The third-order valence-corrected chi connectivity index (χ3v) is 4.53. The van der Waals surface area contributed by atoms with Crippen LogP contribution in [-0.2, 0) is 11.3 Å². The van der Waals surface area contributed by atoms with Crippen molar-refractivity contribution in [2.75, 3.05) is 25.5 Å². The van der Waals surface area contributed by atoms with Crippen molar-refractivity contribution in [1.29, 1.82) is 0 Å². The summed E-state index contributed by atoms with van der Waals surface area (Å²) in [5.74, 6) is -0.175.